The number of carbonyl (C=O) groups excluding carboxylic acids is 1. The third-order valence-corrected chi connectivity index (χ3v) is 4.30. The summed E-state index contributed by atoms with van der Waals surface area (Å²) < 4.78 is 36.6. The Hall–Kier alpha value is -1.52. The molecule has 0 radical (unpaired) electrons. The highest BCUT2D eigenvalue weighted by Gasteiger charge is 2.26. The molecule has 0 atom stereocenters. The van der Waals surface area contributed by atoms with Crippen molar-refractivity contribution in [3.05, 3.63) is 29.8 Å². The number of hydrogen-bond donors (Lipinski definition) is 3. The van der Waals surface area contributed by atoms with Gasteiger partial charge in [-0.3, -0.25) is 9.79 Å². The van der Waals surface area contributed by atoms with Crippen molar-refractivity contribution in [1.29, 1.82) is 0 Å². The van der Waals surface area contributed by atoms with Gasteiger partial charge in [0.1, 0.15) is 0 Å². The summed E-state index contributed by atoms with van der Waals surface area (Å²) in [7, 11) is 1.50. The van der Waals surface area contributed by atoms with E-state index in [1.165, 1.54) is 7.05 Å². The third-order valence-electron chi connectivity index (χ3n) is 4.30. The summed E-state index contributed by atoms with van der Waals surface area (Å²) in [6.45, 7) is 0.152. The molecule has 1 saturated carbocycles. The molecule has 1 amide bonds. The lowest BCUT2D eigenvalue weighted by atomic mass is 10.1. The Labute approximate surface area is 174 Å². The Kier molecular flexibility index (Phi) is 9.89. The second-order valence-corrected chi connectivity index (χ2v) is 6.39. The molecule has 3 N–H and O–H groups in total. The van der Waals surface area contributed by atoms with Crippen LogP contribution < -0.4 is 16.0 Å². The molecule has 27 heavy (non-hydrogen) atoms. The quantitative estimate of drug-likeness (QED) is 0.315. The number of hydrogen-bond acceptors (Lipinski definition) is 2. The Morgan fingerprint density at radius 2 is 1.93 bits per heavy atom. The lowest BCUT2D eigenvalue weighted by Crippen LogP contribution is -2.38. The molecule has 1 aliphatic carbocycles. The number of nitrogens with zero attached hydrogens (tertiary/aromatic N) is 1. The number of carbonyl (C=O) groups is 1. The van der Waals surface area contributed by atoms with Crippen molar-refractivity contribution in [3.8, 4) is 0 Å². The first-order valence-corrected chi connectivity index (χ1v) is 8.78. The highest BCUT2D eigenvalue weighted by Crippen LogP contribution is 2.26. The second-order valence-electron chi connectivity index (χ2n) is 6.39. The van der Waals surface area contributed by atoms with Gasteiger partial charge in [0, 0.05) is 31.7 Å². The zero-order valence-electron chi connectivity index (χ0n) is 15.2. The zero-order valence-corrected chi connectivity index (χ0v) is 17.6. The van der Waals surface area contributed by atoms with Gasteiger partial charge in [0.25, 0.3) is 0 Å². The van der Waals surface area contributed by atoms with Crippen molar-refractivity contribution in [2.45, 2.75) is 44.8 Å². The van der Waals surface area contributed by atoms with Crippen LogP contribution in [0.5, 0.6) is 0 Å². The van der Waals surface area contributed by atoms with Gasteiger partial charge in [0.05, 0.1) is 6.42 Å². The first-order chi connectivity index (χ1) is 12.4. The molecule has 5 nitrogen and oxygen atoms in total. The van der Waals surface area contributed by atoms with Crippen molar-refractivity contribution >= 4 is 41.5 Å². The minimum absolute atomic E-state index is 0. The Morgan fingerprint density at radius 3 is 2.56 bits per heavy atom. The van der Waals surface area contributed by atoms with E-state index in [2.05, 4.69) is 20.9 Å². The van der Waals surface area contributed by atoms with Crippen molar-refractivity contribution in [3.63, 3.8) is 0 Å². The average Bonchev–Trinajstić information content (AvgIpc) is 3.12. The fraction of sp³-hybridized carbons (Fsp3) is 0.556. The predicted octanol–water partition coefficient (Wildman–Crippen LogP) is 4.05. The first kappa shape index (κ1) is 23.5. The van der Waals surface area contributed by atoms with Crippen LogP contribution in [-0.2, 0) is 11.3 Å². The minimum atomic E-state index is -4.20. The highest BCUT2D eigenvalue weighted by atomic mass is 127. The van der Waals surface area contributed by atoms with Crippen LogP contribution in [0, 0.1) is 5.92 Å². The van der Waals surface area contributed by atoms with Gasteiger partial charge in [0.15, 0.2) is 5.96 Å². The summed E-state index contributed by atoms with van der Waals surface area (Å²) >= 11 is 0. The molecule has 0 bridgehead atoms. The Morgan fingerprint density at radius 1 is 1.22 bits per heavy atom. The fourth-order valence-electron chi connectivity index (χ4n) is 2.92. The standard InChI is InChI=1S/C18H25F3N4O.HI/c1-22-17(23-10-9-18(19,20)21)24-12-13-5-4-8-15(11-13)25-16(26)14-6-2-3-7-14;/h4-5,8,11,14H,2-3,6-7,9-10,12H2,1H3,(H,25,26)(H2,22,23,24);1H. The van der Waals surface area contributed by atoms with Crippen LogP contribution in [0.3, 0.4) is 0 Å². The van der Waals surface area contributed by atoms with Crippen molar-refractivity contribution in [2.24, 2.45) is 10.9 Å². The molecule has 0 unspecified atom stereocenters. The van der Waals surface area contributed by atoms with Crippen LogP contribution in [-0.4, -0.2) is 31.6 Å². The van der Waals surface area contributed by atoms with E-state index in [-0.39, 0.29) is 42.3 Å². The van der Waals surface area contributed by atoms with E-state index < -0.39 is 12.6 Å². The van der Waals surface area contributed by atoms with Crippen LogP contribution in [0.2, 0.25) is 0 Å². The minimum Gasteiger partial charge on any atom is -0.356 e. The Balaban J connectivity index is 0.00000364. The first-order valence-electron chi connectivity index (χ1n) is 8.78. The van der Waals surface area contributed by atoms with Crippen molar-refractivity contribution in [2.75, 3.05) is 18.9 Å². The topological polar surface area (TPSA) is 65.5 Å². The van der Waals surface area contributed by atoms with Crippen molar-refractivity contribution < 1.29 is 18.0 Å². The number of benzene rings is 1. The number of halogens is 4. The average molecular weight is 498 g/mol. The highest BCUT2D eigenvalue weighted by molar-refractivity contribution is 14.0. The predicted molar refractivity (Wildman–Crippen MR) is 111 cm³/mol. The fourth-order valence-corrected chi connectivity index (χ4v) is 2.92. The number of alkyl halides is 3. The van der Waals surface area contributed by atoms with E-state index in [0.29, 0.717) is 12.5 Å². The van der Waals surface area contributed by atoms with E-state index in [1.807, 2.05) is 24.3 Å². The SMILES string of the molecule is CN=C(NCCC(F)(F)F)NCc1cccc(NC(=O)C2CCCC2)c1.I. The lowest BCUT2D eigenvalue weighted by Gasteiger charge is -2.14. The van der Waals surface area contributed by atoms with Gasteiger partial charge in [0.2, 0.25) is 5.91 Å². The van der Waals surface area contributed by atoms with Crippen LogP contribution in [0.4, 0.5) is 18.9 Å². The van der Waals surface area contributed by atoms with E-state index in [1.54, 1.807) is 0 Å². The molecule has 0 aromatic heterocycles. The van der Waals surface area contributed by atoms with Crippen LogP contribution in [0.15, 0.2) is 29.3 Å². The van der Waals surface area contributed by atoms with E-state index in [9.17, 15) is 18.0 Å². The van der Waals surface area contributed by atoms with E-state index in [4.69, 9.17) is 0 Å². The molecule has 1 aliphatic rings. The van der Waals surface area contributed by atoms with Gasteiger partial charge in [-0.25, -0.2) is 0 Å². The summed E-state index contributed by atoms with van der Waals surface area (Å²) in [6.07, 6.45) is -1.04. The van der Waals surface area contributed by atoms with Crippen LogP contribution in [0.25, 0.3) is 0 Å². The number of amides is 1. The lowest BCUT2D eigenvalue weighted by molar-refractivity contribution is -0.132. The van der Waals surface area contributed by atoms with Gasteiger partial charge in [-0.2, -0.15) is 13.2 Å². The number of anilines is 1. The maximum Gasteiger partial charge on any atom is 0.390 e. The molecule has 2 rings (SSSR count). The molecule has 0 spiro atoms. The monoisotopic (exact) mass is 498 g/mol. The molecule has 152 valence electrons. The van der Waals surface area contributed by atoms with E-state index in [0.717, 1.165) is 36.9 Å². The maximum absolute atomic E-state index is 12.2. The summed E-state index contributed by atoms with van der Waals surface area (Å²) in [5.74, 6) is 0.445. The summed E-state index contributed by atoms with van der Waals surface area (Å²) in [5.41, 5.74) is 1.62. The van der Waals surface area contributed by atoms with Crippen LogP contribution in [0.1, 0.15) is 37.7 Å². The molecule has 0 saturated heterocycles. The Bertz CT molecular complexity index is 631. The molecule has 9 heteroatoms. The van der Waals surface area contributed by atoms with Crippen molar-refractivity contribution in [1.82, 2.24) is 10.6 Å². The molecular weight excluding hydrogens is 472 g/mol. The van der Waals surface area contributed by atoms with Crippen LogP contribution >= 0.6 is 24.0 Å². The largest absolute Gasteiger partial charge is 0.390 e. The van der Waals surface area contributed by atoms with Gasteiger partial charge in [-0.05, 0) is 30.5 Å². The third kappa shape index (κ3) is 8.81. The molecule has 1 fully saturated rings. The second kappa shape index (κ2) is 11.4. The van der Waals surface area contributed by atoms with Gasteiger partial charge >= 0.3 is 6.18 Å². The molecule has 0 aliphatic heterocycles. The van der Waals surface area contributed by atoms with Gasteiger partial charge in [-0.15, -0.1) is 24.0 Å². The van der Waals surface area contributed by atoms with Gasteiger partial charge < -0.3 is 16.0 Å². The maximum atomic E-state index is 12.2. The number of aliphatic imine (C=N–C) groups is 1. The molecule has 1 aromatic carbocycles. The normalized spacial score (nSPS) is 15.2. The number of nitrogens with one attached hydrogen (secondary N) is 3. The number of rotatable bonds is 6. The molecular formula is C18H26F3IN4O. The smallest absolute Gasteiger partial charge is 0.356 e. The summed E-state index contributed by atoms with van der Waals surface area (Å²) in [5, 5.41) is 8.53. The summed E-state index contributed by atoms with van der Waals surface area (Å²) in [6, 6.07) is 7.39. The van der Waals surface area contributed by atoms with Gasteiger partial charge in [-0.1, -0.05) is 25.0 Å². The zero-order chi connectivity index (χ0) is 19.0. The number of guanidine groups is 1. The molecule has 1 aromatic rings. The van der Waals surface area contributed by atoms with E-state index >= 15 is 0 Å². The molecule has 0 heterocycles. The summed E-state index contributed by atoms with van der Waals surface area (Å²) in [4.78, 5) is 16.1.